The molecule has 0 aromatic heterocycles. The molecule has 0 spiro atoms. The van der Waals surface area contributed by atoms with E-state index in [2.05, 4.69) is 0 Å². The highest BCUT2D eigenvalue weighted by Gasteiger charge is 2.49. The molecular weight excluding hydrogens is 176 g/mol. The third-order valence-corrected chi connectivity index (χ3v) is 2.98. The molecule has 0 bridgehead atoms. The third-order valence-electron chi connectivity index (χ3n) is 2.98. The van der Waals surface area contributed by atoms with E-state index in [0.717, 1.165) is 6.42 Å². The summed E-state index contributed by atoms with van der Waals surface area (Å²) in [7, 11) is 0. The number of likely N-dealkylation sites (tertiary alicyclic amines) is 1. The first-order valence-corrected chi connectivity index (χ1v) is 4.78. The van der Waals surface area contributed by atoms with E-state index in [0.29, 0.717) is 25.9 Å². The van der Waals surface area contributed by atoms with Crippen LogP contribution >= 0.6 is 0 Å². The standard InChI is InChI=1S/C9H13F2NO/c10-9(11)4-1-3-7(9)8(13)12-5-2-6-12/h7H,1-6H2. The second kappa shape index (κ2) is 2.93. The molecule has 1 aliphatic heterocycles. The Labute approximate surface area is 75.9 Å². The summed E-state index contributed by atoms with van der Waals surface area (Å²) >= 11 is 0. The first-order chi connectivity index (χ1) is 6.11. The van der Waals surface area contributed by atoms with Gasteiger partial charge in [-0.1, -0.05) is 0 Å². The molecule has 1 saturated carbocycles. The van der Waals surface area contributed by atoms with Gasteiger partial charge < -0.3 is 4.90 Å². The van der Waals surface area contributed by atoms with Crippen molar-refractivity contribution >= 4 is 5.91 Å². The van der Waals surface area contributed by atoms with Crippen LogP contribution in [0.4, 0.5) is 8.78 Å². The van der Waals surface area contributed by atoms with Gasteiger partial charge in [0.25, 0.3) is 5.92 Å². The fourth-order valence-corrected chi connectivity index (χ4v) is 1.99. The summed E-state index contributed by atoms with van der Waals surface area (Å²) in [6.45, 7) is 1.34. The normalized spacial score (nSPS) is 31.5. The van der Waals surface area contributed by atoms with Crippen molar-refractivity contribution < 1.29 is 13.6 Å². The van der Waals surface area contributed by atoms with Gasteiger partial charge in [0.1, 0.15) is 5.92 Å². The van der Waals surface area contributed by atoms with Crippen LogP contribution < -0.4 is 0 Å². The van der Waals surface area contributed by atoms with Gasteiger partial charge in [-0.2, -0.15) is 0 Å². The maximum atomic E-state index is 13.1. The molecule has 74 valence electrons. The van der Waals surface area contributed by atoms with Crippen molar-refractivity contribution in [1.29, 1.82) is 0 Å². The Morgan fingerprint density at radius 3 is 2.38 bits per heavy atom. The summed E-state index contributed by atoms with van der Waals surface area (Å²) in [4.78, 5) is 13.0. The van der Waals surface area contributed by atoms with Crippen molar-refractivity contribution in [1.82, 2.24) is 4.90 Å². The number of hydrogen-bond donors (Lipinski definition) is 0. The van der Waals surface area contributed by atoms with Gasteiger partial charge in [0.2, 0.25) is 5.91 Å². The lowest BCUT2D eigenvalue weighted by Crippen LogP contribution is -2.48. The number of hydrogen-bond acceptors (Lipinski definition) is 1. The van der Waals surface area contributed by atoms with Crippen LogP contribution in [0.1, 0.15) is 25.7 Å². The maximum Gasteiger partial charge on any atom is 0.259 e. The Morgan fingerprint density at radius 1 is 1.31 bits per heavy atom. The smallest absolute Gasteiger partial charge is 0.259 e. The van der Waals surface area contributed by atoms with Gasteiger partial charge in [0.15, 0.2) is 0 Å². The van der Waals surface area contributed by atoms with E-state index < -0.39 is 11.8 Å². The molecule has 0 N–H and O–H groups in total. The van der Waals surface area contributed by atoms with E-state index >= 15 is 0 Å². The summed E-state index contributed by atoms with van der Waals surface area (Å²) in [6, 6.07) is 0. The van der Waals surface area contributed by atoms with Crippen molar-refractivity contribution in [3.63, 3.8) is 0 Å². The fraction of sp³-hybridized carbons (Fsp3) is 0.889. The highest BCUT2D eigenvalue weighted by Crippen LogP contribution is 2.41. The summed E-state index contributed by atoms with van der Waals surface area (Å²) in [5.74, 6) is -4.09. The topological polar surface area (TPSA) is 20.3 Å². The molecule has 2 fully saturated rings. The van der Waals surface area contributed by atoms with Crippen molar-refractivity contribution in [2.24, 2.45) is 5.92 Å². The first kappa shape index (κ1) is 8.91. The van der Waals surface area contributed by atoms with Gasteiger partial charge in [-0.15, -0.1) is 0 Å². The predicted molar refractivity (Wildman–Crippen MR) is 43.5 cm³/mol. The number of nitrogens with zero attached hydrogens (tertiary/aromatic N) is 1. The van der Waals surface area contributed by atoms with Crippen LogP contribution in [0.3, 0.4) is 0 Å². The second-order valence-electron chi connectivity index (χ2n) is 3.88. The number of amides is 1. The Morgan fingerprint density at radius 2 is 2.00 bits per heavy atom. The minimum Gasteiger partial charge on any atom is -0.342 e. The monoisotopic (exact) mass is 189 g/mol. The van der Waals surface area contributed by atoms with Crippen LogP contribution in [0, 0.1) is 5.92 Å². The van der Waals surface area contributed by atoms with Crippen LogP contribution in [0.25, 0.3) is 0 Å². The molecule has 1 aliphatic carbocycles. The van der Waals surface area contributed by atoms with E-state index in [1.54, 1.807) is 4.90 Å². The average Bonchev–Trinajstić information content (AvgIpc) is 2.25. The van der Waals surface area contributed by atoms with E-state index in [1.165, 1.54) is 0 Å². The van der Waals surface area contributed by atoms with Crippen molar-refractivity contribution in [2.75, 3.05) is 13.1 Å². The van der Waals surface area contributed by atoms with Crippen molar-refractivity contribution in [3.8, 4) is 0 Å². The SMILES string of the molecule is O=C(C1CCCC1(F)F)N1CCC1. The second-order valence-corrected chi connectivity index (χ2v) is 3.88. The molecular formula is C9H13F2NO. The molecule has 2 rings (SSSR count). The van der Waals surface area contributed by atoms with E-state index in [9.17, 15) is 13.6 Å². The van der Waals surface area contributed by atoms with E-state index in [-0.39, 0.29) is 12.3 Å². The molecule has 2 aliphatic rings. The zero-order chi connectivity index (χ0) is 9.47. The number of carbonyl (C=O) groups excluding carboxylic acids is 1. The molecule has 0 aromatic carbocycles. The predicted octanol–water partition coefficient (Wildman–Crippen LogP) is 1.65. The summed E-state index contributed by atoms with van der Waals surface area (Å²) < 4.78 is 26.3. The lowest BCUT2D eigenvalue weighted by atomic mass is 10.0. The number of alkyl halides is 2. The summed E-state index contributed by atoms with van der Waals surface area (Å²) in [5.41, 5.74) is 0. The highest BCUT2D eigenvalue weighted by atomic mass is 19.3. The Bertz CT molecular complexity index is 226. The molecule has 0 radical (unpaired) electrons. The van der Waals surface area contributed by atoms with Crippen LogP contribution in [-0.4, -0.2) is 29.8 Å². The fourth-order valence-electron chi connectivity index (χ4n) is 1.99. The van der Waals surface area contributed by atoms with Gasteiger partial charge in [-0.3, -0.25) is 4.79 Å². The molecule has 2 nitrogen and oxygen atoms in total. The van der Waals surface area contributed by atoms with Gasteiger partial charge in [0, 0.05) is 19.5 Å². The summed E-state index contributed by atoms with van der Waals surface area (Å²) in [5, 5.41) is 0. The van der Waals surface area contributed by atoms with Gasteiger partial charge in [0.05, 0.1) is 0 Å². The summed E-state index contributed by atoms with van der Waals surface area (Å²) in [6.07, 6.45) is 1.70. The van der Waals surface area contributed by atoms with Crippen molar-refractivity contribution in [2.45, 2.75) is 31.6 Å². The number of halogens is 2. The van der Waals surface area contributed by atoms with Crippen LogP contribution in [0.15, 0.2) is 0 Å². The number of carbonyl (C=O) groups is 1. The van der Waals surface area contributed by atoms with Crippen LogP contribution in [-0.2, 0) is 4.79 Å². The molecule has 1 heterocycles. The Kier molecular flexibility index (Phi) is 2.00. The van der Waals surface area contributed by atoms with E-state index in [4.69, 9.17) is 0 Å². The molecule has 1 unspecified atom stereocenters. The lowest BCUT2D eigenvalue weighted by molar-refractivity contribution is -0.150. The van der Waals surface area contributed by atoms with E-state index in [1.807, 2.05) is 0 Å². The quantitative estimate of drug-likeness (QED) is 0.614. The van der Waals surface area contributed by atoms with Gasteiger partial charge in [-0.05, 0) is 19.3 Å². The van der Waals surface area contributed by atoms with Crippen LogP contribution in [0.2, 0.25) is 0 Å². The minimum atomic E-state index is -2.74. The Hall–Kier alpha value is -0.670. The molecule has 13 heavy (non-hydrogen) atoms. The highest BCUT2D eigenvalue weighted by molar-refractivity contribution is 5.80. The molecule has 0 aromatic rings. The molecule has 1 amide bonds. The maximum absolute atomic E-state index is 13.1. The molecule has 1 atom stereocenters. The van der Waals surface area contributed by atoms with Crippen molar-refractivity contribution in [3.05, 3.63) is 0 Å². The van der Waals surface area contributed by atoms with Crippen LogP contribution in [0.5, 0.6) is 0 Å². The third kappa shape index (κ3) is 1.42. The first-order valence-electron chi connectivity index (χ1n) is 4.78. The Balaban J connectivity index is 2.02. The zero-order valence-electron chi connectivity index (χ0n) is 7.43. The lowest BCUT2D eigenvalue weighted by Gasteiger charge is -2.34. The largest absolute Gasteiger partial charge is 0.342 e. The van der Waals surface area contributed by atoms with Gasteiger partial charge >= 0.3 is 0 Å². The molecule has 4 heteroatoms. The zero-order valence-corrected chi connectivity index (χ0v) is 7.43. The average molecular weight is 189 g/mol. The van der Waals surface area contributed by atoms with Gasteiger partial charge in [-0.25, -0.2) is 8.78 Å². The number of rotatable bonds is 1. The minimum absolute atomic E-state index is 0.114. The molecule has 1 saturated heterocycles.